The van der Waals surface area contributed by atoms with Crippen molar-refractivity contribution in [2.45, 2.75) is 33.2 Å². The van der Waals surface area contributed by atoms with Crippen LogP contribution in [0.2, 0.25) is 0 Å². The van der Waals surface area contributed by atoms with Gasteiger partial charge in [0.2, 0.25) is 0 Å². The zero-order valence-corrected chi connectivity index (χ0v) is 11.1. The molecular formula is C16H23N. The van der Waals surface area contributed by atoms with E-state index in [2.05, 4.69) is 49.6 Å². The highest BCUT2D eigenvalue weighted by Gasteiger charge is 2.20. The SMILES string of the molecule is C=C(C)c1ccc(CN2CCC(CC)C2)cc1. The molecule has 1 heteroatoms. The highest BCUT2D eigenvalue weighted by atomic mass is 15.1. The molecule has 1 unspecified atom stereocenters. The zero-order chi connectivity index (χ0) is 12.3. The van der Waals surface area contributed by atoms with Gasteiger partial charge in [0.25, 0.3) is 0 Å². The molecule has 1 aromatic carbocycles. The maximum absolute atomic E-state index is 3.97. The van der Waals surface area contributed by atoms with Gasteiger partial charge in [-0.2, -0.15) is 0 Å². The average molecular weight is 229 g/mol. The first-order chi connectivity index (χ1) is 8.19. The maximum Gasteiger partial charge on any atom is 0.0233 e. The molecule has 1 aliphatic heterocycles. The molecule has 0 amide bonds. The summed E-state index contributed by atoms with van der Waals surface area (Å²) in [4.78, 5) is 2.57. The van der Waals surface area contributed by atoms with E-state index in [1.54, 1.807) is 0 Å². The molecule has 2 rings (SSSR count). The predicted molar refractivity (Wildman–Crippen MR) is 74.8 cm³/mol. The molecule has 1 aromatic rings. The third-order valence-electron chi connectivity index (χ3n) is 3.80. The van der Waals surface area contributed by atoms with E-state index < -0.39 is 0 Å². The normalized spacial score (nSPS) is 20.7. The van der Waals surface area contributed by atoms with E-state index in [0.29, 0.717) is 0 Å². The summed E-state index contributed by atoms with van der Waals surface area (Å²) in [7, 11) is 0. The summed E-state index contributed by atoms with van der Waals surface area (Å²) in [5, 5.41) is 0. The van der Waals surface area contributed by atoms with Crippen molar-refractivity contribution < 1.29 is 0 Å². The Morgan fingerprint density at radius 2 is 2.06 bits per heavy atom. The number of rotatable bonds is 4. The number of allylic oxidation sites excluding steroid dienone is 1. The van der Waals surface area contributed by atoms with Crippen LogP contribution < -0.4 is 0 Å². The Labute approximate surface area is 105 Å². The van der Waals surface area contributed by atoms with Gasteiger partial charge in [0.1, 0.15) is 0 Å². The largest absolute Gasteiger partial charge is 0.299 e. The lowest BCUT2D eigenvalue weighted by Gasteiger charge is -2.16. The molecule has 1 aliphatic rings. The second-order valence-electron chi connectivity index (χ2n) is 5.28. The Hall–Kier alpha value is -1.08. The Morgan fingerprint density at radius 3 is 2.59 bits per heavy atom. The summed E-state index contributed by atoms with van der Waals surface area (Å²) in [6.07, 6.45) is 2.70. The first-order valence-electron chi connectivity index (χ1n) is 6.66. The molecule has 0 N–H and O–H groups in total. The third-order valence-corrected chi connectivity index (χ3v) is 3.80. The number of nitrogens with zero attached hydrogens (tertiary/aromatic N) is 1. The highest BCUT2D eigenvalue weighted by Crippen LogP contribution is 2.21. The van der Waals surface area contributed by atoms with Crippen LogP contribution in [-0.4, -0.2) is 18.0 Å². The fourth-order valence-corrected chi connectivity index (χ4v) is 2.54. The monoisotopic (exact) mass is 229 g/mol. The van der Waals surface area contributed by atoms with Gasteiger partial charge in [-0.25, -0.2) is 0 Å². The lowest BCUT2D eigenvalue weighted by Crippen LogP contribution is -2.19. The standard InChI is InChI=1S/C16H23N/c1-4-14-9-10-17(11-14)12-15-5-7-16(8-6-15)13(2)3/h5-8,14H,2,4,9-12H2,1,3H3. The summed E-state index contributed by atoms with van der Waals surface area (Å²) in [5.41, 5.74) is 3.82. The fraction of sp³-hybridized carbons (Fsp3) is 0.500. The topological polar surface area (TPSA) is 3.24 Å². The Bertz CT molecular complexity index is 377. The molecule has 17 heavy (non-hydrogen) atoms. The highest BCUT2D eigenvalue weighted by molar-refractivity contribution is 5.61. The van der Waals surface area contributed by atoms with Crippen LogP contribution in [0, 0.1) is 5.92 Å². The molecule has 0 aromatic heterocycles. The van der Waals surface area contributed by atoms with E-state index in [0.717, 1.165) is 18.0 Å². The molecular weight excluding hydrogens is 206 g/mol. The molecule has 1 fully saturated rings. The van der Waals surface area contributed by atoms with Gasteiger partial charge in [-0.1, -0.05) is 49.8 Å². The van der Waals surface area contributed by atoms with Gasteiger partial charge in [0, 0.05) is 13.1 Å². The molecule has 92 valence electrons. The van der Waals surface area contributed by atoms with Crippen LogP contribution in [0.15, 0.2) is 30.8 Å². The van der Waals surface area contributed by atoms with Gasteiger partial charge in [-0.15, -0.1) is 0 Å². The Morgan fingerprint density at radius 1 is 1.35 bits per heavy atom. The van der Waals surface area contributed by atoms with Crippen molar-refractivity contribution >= 4 is 5.57 Å². The molecule has 0 bridgehead atoms. The van der Waals surface area contributed by atoms with E-state index in [4.69, 9.17) is 0 Å². The van der Waals surface area contributed by atoms with Crippen molar-refractivity contribution in [3.8, 4) is 0 Å². The van der Waals surface area contributed by atoms with Crippen molar-refractivity contribution in [2.75, 3.05) is 13.1 Å². The lowest BCUT2D eigenvalue weighted by atomic mass is 10.1. The molecule has 1 saturated heterocycles. The van der Waals surface area contributed by atoms with Gasteiger partial charge >= 0.3 is 0 Å². The van der Waals surface area contributed by atoms with Crippen LogP contribution in [0.3, 0.4) is 0 Å². The molecule has 0 spiro atoms. The average Bonchev–Trinajstić information content (AvgIpc) is 2.77. The molecule has 1 heterocycles. The lowest BCUT2D eigenvalue weighted by molar-refractivity contribution is 0.315. The van der Waals surface area contributed by atoms with Crippen molar-refractivity contribution in [3.63, 3.8) is 0 Å². The molecule has 0 aliphatic carbocycles. The predicted octanol–water partition coefficient (Wildman–Crippen LogP) is 3.95. The van der Waals surface area contributed by atoms with Crippen LogP contribution in [0.1, 0.15) is 37.8 Å². The minimum atomic E-state index is 0.921. The third kappa shape index (κ3) is 3.19. The fourth-order valence-electron chi connectivity index (χ4n) is 2.54. The van der Waals surface area contributed by atoms with Gasteiger partial charge in [-0.05, 0) is 36.9 Å². The number of hydrogen-bond acceptors (Lipinski definition) is 1. The molecule has 0 saturated carbocycles. The molecule has 1 nitrogen and oxygen atoms in total. The van der Waals surface area contributed by atoms with Crippen LogP contribution in [0.5, 0.6) is 0 Å². The van der Waals surface area contributed by atoms with Crippen molar-refractivity contribution in [1.29, 1.82) is 0 Å². The minimum Gasteiger partial charge on any atom is -0.299 e. The first-order valence-corrected chi connectivity index (χ1v) is 6.66. The van der Waals surface area contributed by atoms with Gasteiger partial charge < -0.3 is 0 Å². The minimum absolute atomic E-state index is 0.921. The summed E-state index contributed by atoms with van der Waals surface area (Å²) >= 11 is 0. The van der Waals surface area contributed by atoms with Crippen LogP contribution >= 0.6 is 0 Å². The van der Waals surface area contributed by atoms with Crippen molar-refractivity contribution in [3.05, 3.63) is 42.0 Å². The zero-order valence-electron chi connectivity index (χ0n) is 11.1. The van der Waals surface area contributed by atoms with Gasteiger partial charge in [0.15, 0.2) is 0 Å². The van der Waals surface area contributed by atoms with Crippen LogP contribution in [0.25, 0.3) is 5.57 Å². The smallest absolute Gasteiger partial charge is 0.0233 e. The number of hydrogen-bond donors (Lipinski definition) is 0. The Balaban J connectivity index is 1.93. The summed E-state index contributed by atoms with van der Waals surface area (Å²) in [6.45, 7) is 12.0. The molecule has 1 atom stereocenters. The van der Waals surface area contributed by atoms with Gasteiger partial charge in [0.05, 0.1) is 0 Å². The van der Waals surface area contributed by atoms with E-state index in [-0.39, 0.29) is 0 Å². The van der Waals surface area contributed by atoms with Crippen LogP contribution in [0.4, 0.5) is 0 Å². The first kappa shape index (κ1) is 12.4. The number of likely N-dealkylation sites (tertiary alicyclic amines) is 1. The van der Waals surface area contributed by atoms with E-state index >= 15 is 0 Å². The van der Waals surface area contributed by atoms with E-state index in [1.165, 1.54) is 37.1 Å². The number of benzene rings is 1. The van der Waals surface area contributed by atoms with Crippen molar-refractivity contribution in [2.24, 2.45) is 5.92 Å². The van der Waals surface area contributed by atoms with E-state index in [9.17, 15) is 0 Å². The Kier molecular flexibility index (Phi) is 4.01. The molecule has 0 radical (unpaired) electrons. The van der Waals surface area contributed by atoms with Crippen molar-refractivity contribution in [1.82, 2.24) is 4.90 Å². The summed E-state index contributed by atoms with van der Waals surface area (Å²) in [6, 6.07) is 8.85. The second-order valence-corrected chi connectivity index (χ2v) is 5.28. The second kappa shape index (κ2) is 5.50. The summed E-state index contributed by atoms with van der Waals surface area (Å²) < 4.78 is 0. The van der Waals surface area contributed by atoms with Crippen LogP contribution in [-0.2, 0) is 6.54 Å². The van der Waals surface area contributed by atoms with Gasteiger partial charge in [-0.3, -0.25) is 4.90 Å². The summed E-state index contributed by atoms with van der Waals surface area (Å²) in [5.74, 6) is 0.921. The quantitative estimate of drug-likeness (QED) is 0.755. The maximum atomic E-state index is 3.97. The van der Waals surface area contributed by atoms with E-state index in [1.807, 2.05) is 0 Å².